The van der Waals surface area contributed by atoms with Gasteiger partial charge in [0.05, 0.1) is 11.1 Å². The van der Waals surface area contributed by atoms with Crippen molar-refractivity contribution in [1.82, 2.24) is 0 Å². The first-order valence-electron chi connectivity index (χ1n) is 4.39. The Morgan fingerprint density at radius 2 is 2.27 bits per heavy atom. The second-order valence-electron chi connectivity index (χ2n) is 2.92. The zero-order valence-electron chi connectivity index (χ0n) is 7.87. The highest BCUT2D eigenvalue weighted by molar-refractivity contribution is 9.10. The molecule has 1 rings (SSSR count). The zero-order valence-corrected chi connectivity index (χ0v) is 10.2. The van der Waals surface area contributed by atoms with Gasteiger partial charge in [0.1, 0.15) is 5.75 Å². The van der Waals surface area contributed by atoms with Crippen LogP contribution in [0.4, 0.5) is 0 Å². The number of hydrogen-bond acceptors (Lipinski definition) is 2. The summed E-state index contributed by atoms with van der Waals surface area (Å²) in [5, 5.41) is 9.04. The summed E-state index contributed by atoms with van der Waals surface area (Å²) < 4.78 is 6.14. The number of rotatable bonds is 5. The Morgan fingerprint density at radius 3 is 2.87 bits per heavy atom. The summed E-state index contributed by atoms with van der Waals surface area (Å²) in [6.45, 7) is 0.381. The third-order valence-corrected chi connectivity index (χ3v) is 2.54. The molecule has 0 spiro atoms. The van der Waals surface area contributed by atoms with Crippen LogP contribution in [0.25, 0.3) is 0 Å². The molecule has 0 saturated heterocycles. The van der Waals surface area contributed by atoms with Crippen molar-refractivity contribution >= 4 is 33.5 Å². The predicted octanol–water partition coefficient (Wildman–Crippen LogP) is 3.35. The summed E-state index contributed by atoms with van der Waals surface area (Å²) in [6, 6.07) is 5.19. The van der Waals surface area contributed by atoms with Gasteiger partial charge in [-0.1, -0.05) is 11.6 Å². The van der Waals surface area contributed by atoms with Gasteiger partial charge in [-0.05, 0) is 40.5 Å². The van der Waals surface area contributed by atoms with Crippen LogP contribution >= 0.6 is 27.5 Å². The maximum Gasteiger partial charge on any atom is 0.303 e. The molecule has 0 bridgehead atoms. The Kier molecular flexibility index (Phi) is 4.91. The van der Waals surface area contributed by atoms with Crippen molar-refractivity contribution in [1.29, 1.82) is 0 Å². The third kappa shape index (κ3) is 4.53. The topological polar surface area (TPSA) is 46.5 Å². The minimum atomic E-state index is -0.811. The van der Waals surface area contributed by atoms with Crippen LogP contribution in [0.15, 0.2) is 22.7 Å². The first-order chi connectivity index (χ1) is 7.09. The van der Waals surface area contributed by atoms with Crippen LogP contribution in [0, 0.1) is 0 Å². The maximum atomic E-state index is 10.2. The molecule has 0 aromatic heterocycles. The van der Waals surface area contributed by atoms with Gasteiger partial charge >= 0.3 is 5.97 Å². The minimum Gasteiger partial charge on any atom is -0.492 e. The summed E-state index contributed by atoms with van der Waals surface area (Å²) in [4.78, 5) is 10.2. The number of carboxylic acid groups (broad SMARTS) is 1. The molecule has 0 aliphatic rings. The molecule has 1 N–H and O–H groups in total. The van der Waals surface area contributed by atoms with Crippen LogP contribution in [0.2, 0.25) is 5.02 Å². The van der Waals surface area contributed by atoms with Crippen LogP contribution in [-0.4, -0.2) is 17.7 Å². The van der Waals surface area contributed by atoms with E-state index >= 15 is 0 Å². The second-order valence-corrected chi connectivity index (χ2v) is 4.21. The minimum absolute atomic E-state index is 0.116. The summed E-state index contributed by atoms with van der Waals surface area (Å²) in [7, 11) is 0. The summed E-state index contributed by atoms with van der Waals surface area (Å²) in [5.74, 6) is -0.140. The molecule has 82 valence electrons. The van der Waals surface area contributed by atoms with Gasteiger partial charge in [-0.15, -0.1) is 0 Å². The van der Waals surface area contributed by atoms with Gasteiger partial charge in [0, 0.05) is 11.4 Å². The van der Waals surface area contributed by atoms with E-state index in [2.05, 4.69) is 15.9 Å². The normalized spacial score (nSPS) is 10.0. The zero-order chi connectivity index (χ0) is 11.3. The van der Waals surface area contributed by atoms with Crippen LogP contribution < -0.4 is 4.74 Å². The van der Waals surface area contributed by atoms with Crippen molar-refractivity contribution in [3.8, 4) is 5.75 Å². The molecule has 3 nitrogen and oxygen atoms in total. The number of carboxylic acids is 1. The first kappa shape index (κ1) is 12.3. The van der Waals surface area contributed by atoms with E-state index in [1.54, 1.807) is 18.2 Å². The van der Waals surface area contributed by atoms with Gasteiger partial charge in [0.2, 0.25) is 0 Å². The largest absolute Gasteiger partial charge is 0.492 e. The van der Waals surface area contributed by atoms with E-state index in [1.807, 2.05) is 0 Å². The molecule has 0 aliphatic carbocycles. The molecule has 0 amide bonds. The van der Waals surface area contributed by atoms with Crippen molar-refractivity contribution in [2.24, 2.45) is 0 Å². The Balaban J connectivity index is 2.40. The molecule has 0 unspecified atom stereocenters. The summed E-state index contributed by atoms with van der Waals surface area (Å²) in [5.41, 5.74) is 0. The van der Waals surface area contributed by atoms with E-state index in [-0.39, 0.29) is 6.42 Å². The number of halogens is 2. The molecule has 5 heteroatoms. The lowest BCUT2D eigenvalue weighted by molar-refractivity contribution is -0.137. The van der Waals surface area contributed by atoms with Crippen LogP contribution in [0.5, 0.6) is 5.75 Å². The highest BCUT2D eigenvalue weighted by atomic mass is 79.9. The molecule has 0 radical (unpaired) electrons. The van der Waals surface area contributed by atoms with E-state index in [0.717, 1.165) is 4.47 Å². The van der Waals surface area contributed by atoms with E-state index in [9.17, 15) is 4.79 Å². The summed E-state index contributed by atoms with van der Waals surface area (Å²) >= 11 is 9.06. The molecule has 0 atom stereocenters. The quantitative estimate of drug-likeness (QED) is 0.847. The predicted molar refractivity (Wildman–Crippen MR) is 61.5 cm³/mol. The fourth-order valence-corrected chi connectivity index (χ4v) is 1.79. The Labute approximate surface area is 101 Å². The van der Waals surface area contributed by atoms with Crippen LogP contribution in [0.3, 0.4) is 0 Å². The number of benzene rings is 1. The maximum absolute atomic E-state index is 10.2. The van der Waals surface area contributed by atoms with Gasteiger partial charge < -0.3 is 9.84 Å². The number of hydrogen-bond donors (Lipinski definition) is 1. The van der Waals surface area contributed by atoms with Crippen molar-refractivity contribution < 1.29 is 14.6 Å². The number of ether oxygens (including phenoxy) is 1. The number of aliphatic carboxylic acids is 1. The highest BCUT2D eigenvalue weighted by Gasteiger charge is 2.02. The average Bonchev–Trinajstić information content (AvgIpc) is 2.14. The Bertz CT molecular complexity index is 355. The Hall–Kier alpha value is -0.740. The smallest absolute Gasteiger partial charge is 0.303 e. The van der Waals surface area contributed by atoms with Gasteiger partial charge in [-0.25, -0.2) is 0 Å². The van der Waals surface area contributed by atoms with E-state index in [4.69, 9.17) is 21.4 Å². The Morgan fingerprint density at radius 1 is 1.53 bits per heavy atom. The van der Waals surface area contributed by atoms with Gasteiger partial charge in [0.25, 0.3) is 0 Å². The SMILES string of the molecule is O=C(O)CCCOc1ccc(Cl)cc1Br. The molecule has 1 aromatic rings. The molecular formula is C10H10BrClO3. The van der Waals surface area contributed by atoms with Crippen molar-refractivity contribution in [3.05, 3.63) is 27.7 Å². The van der Waals surface area contributed by atoms with Gasteiger partial charge in [-0.3, -0.25) is 4.79 Å². The second kappa shape index (κ2) is 5.98. The van der Waals surface area contributed by atoms with Crippen molar-refractivity contribution in [2.75, 3.05) is 6.61 Å². The lowest BCUT2D eigenvalue weighted by Gasteiger charge is -2.07. The van der Waals surface area contributed by atoms with Crippen molar-refractivity contribution in [2.45, 2.75) is 12.8 Å². The number of carbonyl (C=O) groups is 1. The monoisotopic (exact) mass is 292 g/mol. The molecular weight excluding hydrogens is 283 g/mol. The fourth-order valence-electron chi connectivity index (χ4n) is 0.998. The highest BCUT2D eigenvalue weighted by Crippen LogP contribution is 2.27. The van der Waals surface area contributed by atoms with E-state index < -0.39 is 5.97 Å². The first-order valence-corrected chi connectivity index (χ1v) is 5.56. The fraction of sp³-hybridized carbons (Fsp3) is 0.300. The van der Waals surface area contributed by atoms with Crippen LogP contribution in [0.1, 0.15) is 12.8 Å². The van der Waals surface area contributed by atoms with Crippen molar-refractivity contribution in [3.63, 3.8) is 0 Å². The molecule has 0 saturated carbocycles. The van der Waals surface area contributed by atoms with Gasteiger partial charge in [-0.2, -0.15) is 0 Å². The van der Waals surface area contributed by atoms with Crippen LogP contribution in [-0.2, 0) is 4.79 Å². The lowest BCUT2D eigenvalue weighted by Crippen LogP contribution is -2.02. The molecule has 0 aliphatic heterocycles. The average molecular weight is 294 g/mol. The van der Waals surface area contributed by atoms with Gasteiger partial charge in [0.15, 0.2) is 0 Å². The molecule has 0 fully saturated rings. The lowest BCUT2D eigenvalue weighted by atomic mass is 10.3. The third-order valence-electron chi connectivity index (χ3n) is 1.69. The standard InChI is InChI=1S/C10H10BrClO3/c11-8-6-7(12)3-4-9(8)15-5-1-2-10(13)14/h3-4,6H,1-2,5H2,(H,13,14). The summed E-state index contributed by atoms with van der Waals surface area (Å²) in [6.07, 6.45) is 0.607. The van der Waals surface area contributed by atoms with E-state index in [1.165, 1.54) is 0 Å². The molecule has 1 aromatic carbocycles. The molecule has 15 heavy (non-hydrogen) atoms. The molecule has 0 heterocycles. The van der Waals surface area contributed by atoms with E-state index in [0.29, 0.717) is 23.8 Å².